The van der Waals surface area contributed by atoms with E-state index in [0.29, 0.717) is 24.6 Å². The Labute approximate surface area is 149 Å². The van der Waals surface area contributed by atoms with E-state index in [1.807, 2.05) is 42.2 Å². The van der Waals surface area contributed by atoms with E-state index in [1.165, 1.54) is 0 Å². The molecule has 0 aliphatic carbocycles. The minimum absolute atomic E-state index is 0.0288. The Morgan fingerprint density at radius 3 is 2.68 bits per heavy atom. The number of piperidine rings is 1. The number of likely N-dealkylation sites (N-methyl/N-ethyl adjacent to an activating group) is 1. The van der Waals surface area contributed by atoms with Gasteiger partial charge in [0.2, 0.25) is 5.91 Å². The van der Waals surface area contributed by atoms with E-state index in [4.69, 9.17) is 4.74 Å². The average Bonchev–Trinajstić information content (AvgIpc) is 3.19. The van der Waals surface area contributed by atoms with E-state index in [0.717, 1.165) is 45.4 Å². The predicted octanol–water partition coefficient (Wildman–Crippen LogP) is 2.57. The maximum atomic E-state index is 13.2. The second kappa shape index (κ2) is 8.48. The fraction of sp³-hybridized carbons (Fsp3) is 0.600. The van der Waals surface area contributed by atoms with E-state index >= 15 is 0 Å². The van der Waals surface area contributed by atoms with Gasteiger partial charge in [-0.2, -0.15) is 0 Å². The van der Waals surface area contributed by atoms with Gasteiger partial charge in [-0.15, -0.1) is 0 Å². The number of carbonyl (C=O) groups excluding carboxylic acids is 2. The molecular formula is C20H28N2O3. The molecule has 0 N–H and O–H groups in total. The monoisotopic (exact) mass is 344 g/mol. The third-order valence-corrected chi connectivity index (χ3v) is 5.27. The molecule has 0 aromatic heterocycles. The van der Waals surface area contributed by atoms with Crippen LogP contribution in [-0.4, -0.2) is 60.5 Å². The van der Waals surface area contributed by atoms with E-state index in [-0.39, 0.29) is 17.9 Å². The predicted molar refractivity (Wildman–Crippen MR) is 96.3 cm³/mol. The molecule has 2 aliphatic heterocycles. The molecule has 1 aromatic carbocycles. The van der Waals surface area contributed by atoms with Crippen LogP contribution in [0.15, 0.2) is 30.3 Å². The van der Waals surface area contributed by atoms with Gasteiger partial charge < -0.3 is 14.5 Å². The zero-order chi connectivity index (χ0) is 17.6. The summed E-state index contributed by atoms with van der Waals surface area (Å²) in [4.78, 5) is 29.8. The first-order chi connectivity index (χ1) is 12.2. The van der Waals surface area contributed by atoms with Crippen LogP contribution in [0, 0.1) is 5.92 Å². The zero-order valence-corrected chi connectivity index (χ0v) is 15.0. The standard InChI is InChI=1S/C20H28N2O3/c1-2-21(14-16-11-13-25-15-16)20(24)18-10-6-7-12-22(18)19(23)17-8-4-3-5-9-17/h3-5,8-9,16,18H,2,6-7,10-15H2,1H3/t16-,18-/m0/s1. The highest BCUT2D eigenvalue weighted by Gasteiger charge is 2.35. The topological polar surface area (TPSA) is 49.9 Å². The van der Waals surface area contributed by atoms with Gasteiger partial charge in [-0.1, -0.05) is 18.2 Å². The summed E-state index contributed by atoms with van der Waals surface area (Å²) in [7, 11) is 0. The number of nitrogens with zero attached hydrogens (tertiary/aromatic N) is 2. The Bertz CT molecular complexity index is 584. The SMILES string of the molecule is CCN(C[C@@H]1CCOC1)C(=O)[C@@H]1CCCCN1C(=O)c1ccccc1. The van der Waals surface area contributed by atoms with Gasteiger partial charge in [-0.25, -0.2) is 0 Å². The molecule has 0 spiro atoms. The molecule has 5 heteroatoms. The van der Waals surface area contributed by atoms with Crippen molar-refractivity contribution in [2.75, 3.05) is 32.8 Å². The van der Waals surface area contributed by atoms with Crippen LogP contribution in [-0.2, 0) is 9.53 Å². The number of carbonyl (C=O) groups is 2. The van der Waals surface area contributed by atoms with Crippen LogP contribution in [0.2, 0.25) is 0 Å². The molecule has 136 valence electrons. The average molecular weight is 344 g/mol. The largest absolute Gasteiger partial charge is 0.381 e. The quantitative estimate of drug-likeness (QED) is 0.825. The fourth-order valence-electron chi connectivity index (χ4n) is 3.80. The summed E-state index contributed by atoms with van der Waals surface area (Å²) in [6.07, 6.45) is 3.74. The second-order valence-corrected chi connectivity index (χ2v) is 6.98. The van der Waals surface area contributed by atoms with Crippen molar-refractivity contribution in [1.82, 2.24) is 9.80 Å². The van der Waals surface area contributed by atoms with Crippen LogP contribution in [0.25, 0.3) is 0 Å². The van der Waals surface area contributed by atoms with Gasteiger partial charge in [0, 0.05) is 37.7 Å². The van der Waals surface area contributed by atoms with Gasteiger partial charge in [0.05, 0.1) is 6.61 Å². The molecular weight excluding hydrogens is 316 g/mol. The van der Waals surface area contributed by atoms with Crippen molar-refractivity contribution in [2.24, 2.45) is 5.92 Å². The van der Waals surface area contributed by atoms with Gasteiger partial charge in [0.25, 0.3) is 5.91 Å². The van der Waals surface area contributed by atoms with Gasteiger partial charge in [0.1, 0.15) is 6.04 Å². The molecule has 2 heterocycles. The number of rotatable bonds is 5. The van der Waals surface area contributed by atoms with Crippen molar-refractivity contribution in [3.8, 4) is 0 Å². The number of benzene rings is 1. The Balaban J connectivity index is 1.72. The van der Waals surface area contributed by atoms with E-state index < -0.39 is 0 Å². The van der Waals surface area contributed by atoms with Crippen LogP contribution in [0.3, 0.4) is 0 Å². The molecule has 1 aromatic rings. The molecule has 0 unspecified atom stereocenters. The van der Waals surface area contributed by atoms with Crippen molar-refractivity contribution >= 4 is 11.8 Å². The Morgan fingerprint density at radius 2 is 2.00 bits per heavy atom. The summed E-state index contributed by atoms with van der Waals surface area (Å²) in [5.74, 6) is 0.489. The number of likely N-dealkylation sites (tertiary alicyclic amines) is 1. The molecule has 0 radical (unpaired) electrons. The lowest BCUT2D eigenvalue weighted by atomic mass is 9.98. The van der Waals surface area contributed by atoms with Crippen LogP contribution < -0.4 is 0 Å². The fourth-order valence-corrected chi connectivity index (χ4v) is 3.80. The molecule has 2 atom stereocenters. The van der Waals surface area contributed by atoms with Gasteiger partial charge >= 0.3 is 0 Å². The molecule has 0 bridgehead atoms. The van der Waals surface area contributed by atoms with Crippen molar-refractivity contribution in [3.05, 3.63) is 35.9 Å². The Hall–Kier alpha value is -1.88. The lowest BCUT2D eigenvalue weighted by molar-refractivity contribution is -0.137. The minimum Gasteiger partial charge on any atom is -0.381 e. The first kappa shape index (κ1) is 17.9. The smallest absolute Gasteiger partial charge is 0.254 e. The lowest BCUT2D eigenvalue weighted by Crippen LogP contribution is -2.53. The summed E-state index contributed by atoms with van der Waals surface area (Å²) >= 11 is 0. The van der Waals surface area contributed by atoms with Gasteiger partial charge in [-0.3, -0.25) is 9.59 Å². The Kier molecular flexibility index (Phi) is 6.08. The summed E-state index contributed by atoms with van der Waals surface area (Å²) in [6.45, 7) is 5.62. The molecule has 5 nitrogen and oxygen atoms in total. The molecule has 25 heavy (non-hydrogen) atoms. The molecule has 2 saturated heterocycles. The third kappa shape index (κ3) is 4.21. The number of hydrogen-bond acceptors (Lipinski definition) is 3. The Morgan fingerprint density at radius 1 is 1.20 bits per heavy atom. The third-order valence-electron chi connectivity index (χ3n) is 5.27. The summed E-state index contributed by atoms with van der Waals surface area (Å²) in [5.41, 5.74) is 0.662. The highest BCUT2D eigenvalue weighted by Crippen LogP contribution is 2.23. The van der Waals surface area contributed by atoms with Gasteiger partial charge in [0.15, 0.2) is 0 Å². The van der Waals surface area contributed by atoms with Crippen LogP contribution >= 0.6 is 0 Å². The summed E-state index contributed by atoms with van der Waals surface area (Å²) in [5, 5.41) is 0. The number of hydrogen-bond donors (Lipinski definition) is 0. The normalized spacial score (nSPS) is 23.5. The van der Waals surface area contributed by atoms with Crippen LogP contribution in [0.4, 0.5) is 0 Å². The summed E-state index contributed by atoms with van der Waals surface area (Å²) in [6, 6.07) is 8.96. The second-order valence-electron chi connectivity index (χ2n) is 6.98. The molecule has 2 aliphatic rings. The minimum atomic E-state index is -0.330. The lowest BCUT2D eigenvalue weighted by Gasteiger charge is -2.38. The van der Waals surface area contributed by atoms with E-state index in [2.05, 4.69) is 0 Å². The first-order valence-electron chi connectivity index (χ1n) is 9.43. The van der Waals surface area contributed by atoms with E-state index in [1.54, 1.807) is 4.90 Å². The molecule has 2 amide bonds. The van der Waals surface area contributed by atoms with Crippen molar-refractivity contribution in [3.63, 3.8) is 0 Å². The maximum Gasteiger partial charge on any atom is 0.254 e. The maximum absolute atomic E-state index is 13.2. The first-order valence-corrected chi connectivity index (χ1v) is 9.43. The zero-order valence-electron chi connectivity index (χ0n) is 15.0. The van der Waals surface area contributed by atoms with Crippen molar-refractivity contribution in [2.45, 2.75) is 38.6 Å². The number of ether oxygens (including phenoxy) is 1. The summed E-state index contributed by atoms with van der Waals surface area (Å²) < 4.78 is 5.44. The molecule has 2 fully saturated rings. The van der Waals surface area contributed by atoms with E-state index in [9.17, 15) is 9.59 Å². The van der Waals surface area contributed by atoms with Crippen molar-refractivity contribution < 1.29 is 14.3 Å². The number of amides is 2. The van der Waals surface area contributed by atoms with Gasteiger partial charge in [-0.05, 0) is 44.7 Å². The highest BCUT2D eigenvalue weighted by molar-refractivity contribution is 5.97. The van der Waals surface area contributed by atoms with Crippen molar-refractivity contribution in [1.29, 1.82) is 0 Å². The van der Waals surface area contributed by atoms with Crippen LogP contribution in [0.1, 0.15) is 43.0 Å². The van der Waals surface area contributed by atoms with Crippen LogP contribution in [0.5, 0.6) is 0 Å². The molecule has 0 saturated carbocycles. The highest BCUT2D eigenvalue weighted by atomic mass is 16.5. The molecule has 3 rings (SSSR count).